The maximum absolute atomic E-state index is 13.4. The van der Waals surface area contributed by atoms with Crippen LogP contribution in [-0.4, -0.2) is 54.3 Å². The van der Waals surface area contributed by atoms with E-state index >= 15 is 0 Å². The van der Waals surface area contributed by atoms with Gasteiger partial charge >= 0.3 is 6.36 Å². The fourth-order valence-corrected chi connectivity index (χ4v) is 4.24. The number of methoxy groups -OCH3 is 1. The Morgan fingerprint density at radius 1 is 1.18 bits per heavy atom. The number of carbonyl (C=O) groups excluding carboxylic acids is 1. The van der Waals surface area contributed by atoms with Gasteiger partial charge in [0.05, 0.1) is 37.8 Å². The zero-order valence-corrected chi connectivity index (χ0v) is 19.0. The average Bonchev–Trinajstić information content (AvgIpc) is 3.12. The van der Waals surface area contributed by atoms with E-state index in [4.69, 9.17) is 9.15 Å². The number of sulfonamides is 1. The van der Waals surface area contributed by atoms with Crippen molar-refractivity contribution in [2.24, 2.45) is 0 Å². The Bertz CT molecular complexity index is 1300. The molecule has 184 valence electrons. The number of rotatable bonds is 8. The van der Waals surface area contributed by atoms with Gasteiger partial charge < -0.3 is 14.5 Å². The van der Waals surface area contributed by atoms with Gasteiger partial charge in [-0.25, -0.2) is 12.8 Å². The number of alkyl halides is 3. The number of carbonyl (C=O) groups is 1. The van der Waals surface area contributed by atoms with Crippen LogP contribution in [0.3, 0.4) is 0 Å². The van der Waals surface area contributed by atoms with Crippen molar-refractivity contribution < 1.29 is 44.7 Å². The second kappa shape index (κ2) is 9.50. The highest BCUT2D eigenvalue weighted by Gasteiger charge is 2.31. The normalized spacial score (nSPS) is 12.1. The topological polar surface area (TPSA) is 98.1 Å². The highest BCUT2D eigenvalue weighted by molar-refractivity contribution is 7.92. The lowest BCUT2D eigenvalue weighted by atomic mass is 10.0. The van der Waals surface area contributed by atoms with Crippen LogP contribution < -0.4 is 14.4 Å². The van der Waals surface area contributed by atoms with E-state index in [1.165, 1.54) is 50.6 Å². The predicted octanol–water partition coefficient (Wildman–Crippen LogP) is 3.91. The zero-order chi connectivity index (χ0) is 25.3. The third-order valence-electron chi connectivity index (χ3n) is 4.78. The largest absolute Gasteiger partial charge is 0.522 e. The Labute approximate surface area is 192 Å². The van der Waals surface area contributed by atoms with E-state index in [0.717, 1.165) is 6.26 Å². The maximum atomic E-state index is 13.4. The number of anilines is 1. The number of ether oxygens (including phenoxy) is 2. The number of hydrogen-bond donors (Lipinski definition) is 1. The first kappa shape index (κ1) is 25.3. The molecular weight excluding hydrogens is 484 g/mol. The maximum Gasteiger partial charge on any atom is 0.522 e. The predicted molar refractivity (Wildman–Crippen MR) is 116 cm³/mol. The molecule has 3 rings (SSSR count). The fourth-order valence-electron chi connectivity index (χ4n) is 3.33. The minimum Gasteiger partial charge on any atom is -0.495 e. The van der Waals surface area contributed by atoms with Crippen LogP contribution >= 0.6 is 0 Å². The SMILES string of the molecule is CNC(=O)c1c(-c2ccc(F)cc2)oc2cc(N(CCOC(F)(F)F)S(C)(=O)=O)c(OC)cc12. The molecule has 0 bridgehead atoms. The smallest absolute Gasteiger partial charge is 0.495 e. The van der Waals surface area contributed by atoms with Crippen LogP contribution in [0, 0.1) is 5.82 Å². The molecule has 34 heavy (non-hydrogen) atoms. The number of hydrogen-bond acceptors (Lipinski definition) is 6. The lowest BCUT2D eigenvalue weighted by molar-refractivity contribution is -0.323. The van der Waals surface area contributed by atoms with Crippen LogP contribution in [0.1, 0.15) is 10.4 Å². The summed E-state index contributed by atoms with van der Waals surface area (Å²) in [5.74, 6) is -0.997. The van der Waals surface area contributed by atoms with E-state index in [0.29, 0.717) is 9.87 Å². The number of nitrogens with zero attached hydrogens (tertiary/aromatic N) is 1. The molecule has 0 spiro atoms. The molecule has 0 unspecified atom stereocenters. The van der Waals surface area contributed by atoms with Crippen molar-refractivity contribution in [3.05, 3.63) is 47.8 Å². The van der Waals surface area contributed by atoms with Gasteiger partial charge in [0.25, 0.3) is 5.91 Å². The molecule has 0 saturated carbocycles. The van der Waals surface area contributed by atoms with Gasteiger partial charge in [-0.15, -0.1) is 13.2 Å². The second-order valence-electron chi connectivity index (χ2n) is 7.04. The van der Waals surface area contributed by atoms with Crippen LogP contribution in [0.4, 0.5) is 23.2 Å². The van der Waals surface area contributed by atoms with E-state index in [-0.39, 0.29) is 33.7 Å². The summed E-state index contributed by atoms with van der Waals surface area (Å²) < 4.78 is 90.9. The molecule has 1 heterocycles. The van der Waals surface area contributed by atoms with E-state index in [1.807, 2.05) is 0 Å². The van der Waals surface area contributed by atoms with Gasteiger partial charge in [0.1, 0.15) is 22.9 Å². The molecule has 2 aromatic carbocycles. The average molecular weight is 504 g/mol. The minimum absolute atomic E-state index is 0.0402. The summed E-state index contributed by atoms with van der Waals surface area (Å²) in [6.45, 7) is -1.64. The molecule has 0 saturated heterocycles. The molecule has 1 N–H and O–H groups in total. The molecule has 0 aliphatic carbocycles. The summed E-state index contributed by atoms with van der Waals surface area (Å²) in [5, 5.41) is 2.73. The van der Waals surface area contributed by atoms with E-state index in [2.05, 4.69) is 10.1 Å². The number of amides is 1. The lowest BCUT2D eigenvalue weighted by Gasteiger charge is -2.24. The molecule has 13 heteroatoms. The van der Waals surface area contributed by atoms with Gasteiger partial charge in [-0.1, -0.05) is 0 Å². The zero-order valence-electron chi connectivity index (χ0n) is 18.2. The van der Waals surface area contributed by atoms with Crippen LogP contribution in [0.5, 0.6) is 5.75 Å². The summed E-state index contributed by atoms with van der Waals surface area (Å²) in [4.78, 5) is 12.6. The fraction of sp³-hybridized carbons (Fsp3) is 0.286. The molecular formula is C21H20F4N2O6S. The van der Waals surface area contributed by atoms with Crippen molar-refractivity contribution in [3.63, 3.8) is 0 Å². The summed E-state index contributed by atoms with van der Waals surface area (Å²) in [6.07, 6.45) is -4.13. The number of nitrogens with one attached hydrogen (secondary N) is 1. The van der Waals surface area contributed by atoms with Gasteiger partial charge in [0.2, 0.25) is 10.0 Å². The monoisotopic (exact) mass is 504 g/mol. The number of halogens is 4. The quantitative estimate of drug-likeness (QED) is 0.467. The molecule has 0 fully saturated rings. The Morgan fingerprint density at radius 3 is 2.35 bits per heavy atom. The number of furan rings is 1. The van der Waals surface area contributed by atoms with Crippen molar-refractivity contribution in [1.82, 2.24) is 5.32 Å². The number of benzene rings is 2. The van der Waals surface area contributed by atoms with Crippen molar-refractivity contribution in [2.45, 2.75) is 6.36 Å². The molecule has 0 aliphatic rings. The molecule has 0 aliphatic heterocycles. The molecule has 0 radical (unpaired) electrons. The summed E-state index contributed by atoms with van der Waals surface area (Å²) >= 11 is 0. The third kappa shape index (κ3) is 5.42. The third-order valence-corrected chi connectivity index (χ3v) is 5.96. The summed E-state index contributed by atoms with van der Waals surface area (Å²) in [7, 11) is -1.44. The van der Waals surface area contributed by atoms with Gasteiger partial charge in [0, 0.05) is 24.1 Å². The molecule has 8 nitrogen and oxygen atoms in total. The van der Waals surface area contributed by atoms with Crippen molar-refractivity contribution >= 4 is 32.6 Å². The van der Waals surface area contributed by atoms with Gasteiger partial charge in [-0.05, 0) is 30.3 Å². The summed E-state index contributed by atoms with van der Waals surface area (Å²) in [5.41, 5.74) is 0.390. The molecule has 1 amide bonds. The highest BCUT2D eigenvalue weighted by atomic mass is 32.2. The first-order valence-corrected chi connectivity index (χ1v) is 11.5. The Morgan fingerprint density at radius 2 is 1.82 bits per heavy atom. The first-order valence-electron chi connectivity index (χ1n) is 9.66. The van der Waals surface area contributed by atoms with Crippen LogP contribution in [-0.2, 0) is 14.8 Å². The molecule has 0 atom stereocenters. The Kier molecular flexibility index (Phi) is 7.07. The van der Waals surface area contributed by atoms with E-state index < -0.39 is 41.3 Å². The van der Waals surface area contributed by atoms with E-state index in [1.54, 1.807) is 0 Å². The van der Waals surface area contributed by atoms with Crippen LogP contribution in [0.2, 0.25) is 0 Å². The van der Waals surface area contributed by atoms with E-state index in [9.17, 15) is 30.8 Å². The molecule has 3 aromatic rings. The van der Waals surface area contributed by atoms with Gasteiger partial charge in [0.15, 0.2) is 0 Å². The minimum atomic E-state index is -4.94. The van der Waals surface area contributed by atoms with Gasteiger partial charge in [-0.2, -0.15) is 0 Å². The van der Waals surface area contributed by atoms with Gasteiger partial charge in [-0.3, -0.25) is 13.8 Å². The standard InChI is InChI=1S/C21H20F4N2O6S/c1-26-20(28)18-14-10-17(31-2)15(27(34(3,29)30)8-9-32-21(23,24)25)11-16(14)33-19(18)12-4-6-13(22)7-5-12/h4-7,10-11H,8-9H2,1-3H3,(H,26,28). The van der Waals surface area contributed by atoms with Crippen molar-refractivity contribution in [1.29, 1.82) is 0 Å². The molecule has 1 aromatic heterocycles. The Hall–Kier alpha value is -3.32. The van der Waals surface area contributed by atoms with Crippen molar-refractivity contribution in [2.75, 3.05) is 37.9 Å². The number of fused-ring (bicyclic) bond motifs is 1. The lowest BCUT2D eigenvalue weighted by Crippen LogP contribution is -2.34. The highest BCUT2D eigenvalue weighted by Crippen LogP contribution is 2.41. The van der Waals surface area contributed by atoms with Crippen LogP contribution in [0.25, 0.3) is 22.3 Å². The van der Waals surface area contributed by atoms with Crippen LogP contribution in [0.15, 0.2) is 40.8 Å². The second-order valence-corrected chi connectivity index (χ2v) is 8.95. The summed E-state index contributed by atoms with van der Waals surface area (Å²) in [6, 6.07) is 7.73. The first-order chi connectivity index (χ1) is 15.9. The van der Waals surface area contributed by atoms with Crippen molar-refractivity contribution in [3.8, 4) is 17.1 Å². The Balaban J connectivity index is 2.20.